The number of fused-ring (bicyclic) bond motifs is 2. The molecule has 166 valence electrons. The number of nitrogens with two attached hydrogens (primary N) is 1. The topological polar surface area (TPSA) is 69.0 Å². The van der Waals surface area contributed by atoms with E-state index in [1.165, 1.54) is 0 Å². The number of halogens is 2. The van der Waals surface area contributed by atoms with E-state index in [4.69, 9.17) is 19.9 Å². The Morgan fingerprint density at radius 1 is 1.30 bits per heavy atom. The predicted octanol–water partition coefficient (Wildman–Crippen LogP) is 2.41. The lowest BCUT2D eigenvalue weighted by atomic mass is 9.81. The van der Waals surface area contributed by atoms with Crippen molar-refractivity contribution >= 4 is 0 Å². The minimum atomic E-state index is -2.64. The summed E-state index contributed by atoms with van der Waals surface area (Å²) in [4.78, 5) is 0.995. The number of benzene rings is 1. The van der Waals surface area contributed by atoms with Gasteiger partial charge in [-0.25, -0.2) is 4.90 Å². The minimum Gasteiger partial charge on any atom is -0.493 e. The lowest BCUT2D eigenvalue weighted by Crippen LogP contribution is -2.48. The molecule has 8 heteroatoms. The standard InChI is InChI=1S/C22H31F2N3O3/c1-28-12-5-13-30-18-9-8-16-6-3-4-7-17(29-2)10-11-22(19(16)14-18)15-27(20(23)24)21(25)26-22/h8-9,14,17,20-21,26H,5-7,10-13,15,25H2,1-2H3. The van der Waals surface area contributed by atoms with E-state index in [9.17, 15) is 8.78 Å². The van der Waals surface area contributed by atoms with Crippen LogP contribution in [0.1, 0.15) is 36.8 Å². The fourth-order valence-electron chi connectivity index (χ4n) is 4.15. The smallest absolute Gasteiger partial charge is 0.297 e. The molecule has 3 atom stereocenters. The Bertz CT molecular complexity index is 768. The highest BCUT2D eigenvalue weighted by molar-refractivity contribution is 5.43. The summed E-state index contributed by atoms with van der Waals surface area (Å²) < 4.78 is 43.7. The van der Waals surface area contributed by atoms with Crippen molar-refractivity contribution in [1.29, 1.82) is 0 Å². The van der Waals surface area contributed by atoms with Gasteiger partial charge in [-0.05, 0) is 36.1 Å². The number of nitrogens with one attached hydrogen (secondary N) is 1. The Kier molecular flexibility index (Phi) is 8.03. The number of alkyl halides is 2. The third kappa shape index (κ3) is 5.29. The van der Waals surface area contributed by atoms with Crippen LogP contribution in [-0.4, -0.2) is 57.8 Å². The molecular formula is C22H31F2N3O3. The first kappa shape index (κ1) is 22.9. The van der Waals surface area contributed by atoms with Crippen molar-refractivity contribution in [2.45, 2.75) is 56.6 Å². The van der Waals surface area contributed by atoms with Gasteiger partial charge in [-0.2, -0.15) is 8.78 Å². The van der Waals surface area contributed by atoms with Gasteiger partial charge in [0.05, 0.1) is 18.2 Å². The second-order valence-corrected chi connectivity index (χ2v) is 7.77. The lowest BCUT2D eigenvalue weighted by molar-refractivity contribution is -0.0381. The normalized spacial score (nSPS) is 27.0. The highest BCUT2D eigenvalue weighted by Crippen LogP contribution is 2.39. The third-order valence-electron chi connectivity index (χ3n) is 5.80. The first-order valence-corrected chi connectivity index (χ1v) is 10.3. The van der Waals surface area contributed by atoms with Gasteiger partial charge in [0.2, 0.25) is 0 Å². The van der Waals surface area contributed by atoms with E-state index in [-0.39, 0.29) is 12.6 Å². The number of rotatable bonds is 7. The molecule has 30 heavy (non-hydrogen) atoms. The van der Waals surface area contributed by atoms with Gasteiger partial charge in [-0.15, -0.1) is 5.92 Å². The second-order valence-electron chi connectivity index (χ2n) is 7.77. The number of methoxy groups -OCH3 is 2. The van der Waals surface area contributed by atoms with Crippen LogP contribution in [0.4, 0.5) is 8.78 Å². The van der Waals surface area contributed by atoms with Crippen LogP contribution in [0.25, 0.3) is 0 Å². The molecule has 0 radical (unpaired) electrons. The van der Waals surface area contributed by atoms with Crippen molar-refractivity contribution in [2.24, 2.45) is 5.73 Å². The molecule has 2 aliphatic rings. The molecule has 3 unspecified atom stereocenters. The van der Waals surface area contributed by atoms with Gasteiger partial charge in [0, 0.05) is 46.6 Å². The van der Waals surface area contributed by atoms with Crippen molar-refractivity contribution < 1.29 is 23.0 Å². The van der Waals surface area contributed by atoms with Crippen molar-refractivity contribution in [3.05, 3.63) is 29.3 Å². The van der Waals surface area contributed by atoms with E-state index in [1.54, 1.807) is 14.2 Å². The van der Waals surface area contributed by atoms with Crippen molar-refractivity contribution in [2.75, 3.05) is 34.0 Å². The summed E-state index contributed by atoms with van der Waals surface area (Å²) >= 11 is 0. The quantitative estimate of drug-likeness (QED) is 0.399. The summed E-state index contributed by atoms with van der Waals surface area (Å²) in [5.41, 5.74) is 7.23. The molecule has 3 N–H and O–H groups in total. The fourth-order valence-corrected chi connectivity index (χ4v) is 4.15. The van der Waals surface area contributed by atoms with Crippen molar-refractivity contribution in [3.63, 3.8) is 0 Å². The van der Waals surface area contributed by atoms with Crippen molar-refractivity contribution in [3.8, 4) is 17.6 Å². The molecule has 1 aromatic carbocycles. The summed E-state index contributed by atoms with van der Waals surface area (Å²) in [5.74, 6) is 7.07. The van der Waals surface area contributed by atoms with Gasteiger partial charge in [0.15, 0.2) is 0 Å². The van der Waals surface area contributed by atoms with Gasteiger partial charge in [-0.3, -0.25) is 5.32 Å². The highest BCUT2D eigenvalue weighted by Gasteiger charge is 2.47. The molecule has 0 aromatic heterocycles. The third-order valence-corrected chi connectivity index (χ3v) is 5.80. The second kappa shape index (κ2) is 10.5. The number of hydrogen-bond acceptors (Lipinski definition) is 6. The molecule has 1 saturated heterocycles. The fraction of sp³-hybridized carbons (Fsp3) is 0.636. The van der Waals surface area contributed by atoms with Crippen LogP contribution >= 0.6 is 0 Å². The summed E-state index contributed by atoms with van der Waals surface area (Å²) in [7, 11) is 3.31. The average Bonchev–Trinajstić information content (AvgIpc) is 3.08. The Morgan fingerprint density at radius 3 is 2.83 bits per heavy atom. The van der Waals surface area contributed by atoms with Crippen LogP contribution in [0.3, 0.4) is 0 Å². The van der Waals surface area contributed by atoms with Gasteiger partial charge in [0.1, 0.15) is 12.0 Å². The highest BCUT2D eigenvalue weighted by atomic mass is 19.3. The van der Waals surface area contributed by atoms with Crippen LogP contribution in [-0.2, 0) is 21.4 Å². The number of hydrogen-bond donors (Lipinski definition) is 2. The number of nitrogens with zero attached hydrogens (tertiary/aromatic N) is 1. The van der Waals surface area contributed by atoms with E-state index in [2.05, 4.69) is 17.2 Å². The summed E-state index contributed by atoms with van der Waals surface area (Å²) in [6, 6.07) is 5.83. The minimum absolute atomic E-state index is 0.0528. The van der Waals surface area contributed by atoms with Crippen LogP contribution in [0.2, 0.25) is 0 Å². The van der Waals surface area contributed by atoms with Crippen molar-refractivity contribution in [1.82, 2.24) is 10.2 Å². The predicted molar refractivity (Wildman–Crippen MR) is 110 cm³/mol. The SMILES string of the molecule is COCCCOc1ccc2c(c1)C1(CCC(OC)CC#CC2)CN(C(F)F)C(N)N1. The van der Waals surface area contributed by atoms with E-state index < -0.39 is 18.4 Å². The molecule has 1 spiro atoms. The van der Waals surface area contributed by atoms with Gasteiger partial charge >= 0.3 is 0 Å². The van der Waals surface area contributed by atoms with E-state index in [0.717, 1.165) is 22.4 Å². The zero-order valence-electron chi connectivity index (χ0n) is 17.6. The first-order chi connectivity index (χ1) is 14.5. The Morgan fingerprint density at radius 2 is 2.13 bits per heavy atom. The van der Waals surface area contributed by atoms with Gasteiger partial charge in [-0.1, -0.05) is 12.0 Å². The van der Waals surface area contributed by atoms with Crippen LogP contribution in [0, 0.1) is 11.8 Å². The zero-order chi connectivity index (χ0) is 21.6. The maximum atomic E-state index is 13.6. The molecule has 1 aliphatic heterocycles. The van der Waals surface area contributed by atoms with Gasteiger partial charge < -0.3 is 19.9 Å². The Labute approximate surface area is 177 Å². The monoisotopic (exact) mass is 423 g/mol. The molecule has 6 nitrogen and oxygen atoms in total. The summed E-state index contributed by atoms with van der Waals surface area (Å²) in [6.07, 6.45) is 2.21. The van der Waals surface area contributed by atoms with E-state index in [0.29, 0.717) is 44.6 Å². The average molecular weight is 424 g/mol. The zero-order valence-corrected chi connectivity index (χ0v) is 17.6. The van der Waals surface area contributed by atoms with Crippen LogP contribution in [0.15, 0.2) is 18.2 Å². The largest absolute Gasteiger partial charge is 0.493 e. The molecule has 3 rings (SSSR count). The van der Waals surface area contributed by atoms with Crippen LogP contribution in [0.5, 0.6) is 5.75 Å². The molecule has 1 aromatic rings. The Hall–Kier alpha value is -1.76. The van der Waals surface area contributed by atoms with E-state index >= 15 is 0 Å². The summed E-state index contributed by atoms with van der Waals surface area (Å²) in [5, 5.41) is 3.27. The lowest BCUT2D eigenvalue weighted by Gasteiger charge is -2.34. The molecule has 1 aliphatic carbocycles. The van der Waals surface area contributed by atoms with Crippen LogP contribution < -0.4 is 15.8 Å². The molecule has 0 saturated carbocycles. The molecule has 0 bridgehead atoms. The molecule has 1 heterocycles. The molecule has 0 amide bonds. The van der Waals surface area contributed by atoms with E-state index in [1.807, 2.05) is 18.2 Å². The molecular weight excluding hydrogens is 392 g/mol. The first-order valence-electron chi connectivity index (χ1n) is 10.3. The number of ether oxygens (including phenoxy) is 3. The maximum Gasteiger partial charge on any atom is 0.297 e. The summed E-state index contributed by atoms with van der Waals surface area (Å²) in [6.45, 7) is -1.41. The molecule has 1 fully saturated rings. The van der Waals surface area contributed by atoms with Gasteiger partial charge in [0.25, 0.3) is 6.55 Å². The Balaban J connectivity index is 1.96. The maximum absolute atomic E-state index is 13.6.